The van der Waals surface area contributed by atoms with Crippen LogP contribution in [0.25, 0.3) is 0 Å². The number of carbonyl (C=O) groups is 1. The number of nitrogens with zero attached hydrogens (tertiary/aromatic N) is 2. The Morgan fingerprint density at radius 2 is 1.41 bits per heavy atom. The van der Waals surface area contributed by atoms with Crippen LogP contribution in [0.3, 0.4) is 0 Å². The van der Waals surface area contributed by atoms with Crippen LogP contribution in [0.5, 0.6) is 0 Å². The summed E-state index contributed by atoms with van der Waals surface area (Å²) >= 11 is 6.01. The van der Waals surface area contributed by atoms with Crippen LogP contribution in [0.2, 0.25) is 5.02 Å². The lowest BCUT2D eigenvalue weighted by atomic mass is 10.2. The van der Waals surface area contributed by atoms with Gasteiger partial charge in [-0.05, 0) is 60.7 Å². The van der Waals surface area contributed by atoms with E-state index in [1.54, 1.807) is 24.3 Å². The van der Waals surface area contributed by atoms with Gasteiger partial charge < -0.3 is 5.32 Å². The number of amides is 1. The van der Waals surface area contributed by atoms with E-state index in [-0.39, 0.29) is 15.6 Å². The zero-order valence-electron chi connectivity index (χ0n) is 18.6. The van der Waals surface area contributed by atoms with Gasteiger partial charge in [0.1, 0.15) is 0 Å². The number of anilines is 3. The van der Waals surface area contributed by atoms with Gasteiger partial charge in [-0.15, -0.1) is 0 Å². The molecule has 0 atom stereocenters. The molecule has 3 rings (SSSR count). The molecule has 0 radical (unpaired) electrons. The third kappa shape index (κ3) is 5.68. The van der Waals surface area contributed by atoms with Crippen LogP contribution in [0.1, 0.15) is 10.4 Å². The fourth-order valence-corrected chi connectivity index (χ4v) is 5.07. The number of benzene rings is 3. The Morgan fingerprint density at radius 1 is 0.824 bits per heavy atom. The molecular formula is C22H23ClN4O5S2. The van der Waals surface area contributed by atoms with E-state index in [4.69, 9.17) is 11.6 Å². The van der Waals surface area contributed by atoms with E-state index < -0.39 is 26.1 Å². The lowest BCUT2D eigenvalue weighted by Gasteiger charge is -2.23. The van der Waals surface area contributed by atoms with Crippen molar-refractivity contribution in [3.05, 3.63) is 83.4 Å². The smallest absolute Gasteiger partial charge is 0.303 e. The first-order valence-electron chi connectivity index (χ1n) is 9.87. The van der Waals surface area contributed by atoms with E-state index in [2.05, 4.69) is 10.0 Å². The summed E-state index contributed by atoms with van der Waals surface area (Å²) in [5.74, 6) is -0.436. The van der Waals surface area contributed by atoms with Crippen molar-refractivity contribution in [3.8, 4) is 0 Å². The van der Waals surface area contributed by atoms with Crippen LogP contribution in [0.4, 0.5) is 17.1 Å². The molecule has 34 heavy (non-hydrogen) atoms. The highest BCUT2D eigenvalue weighted by atomic mass is 35.5. The van der Waals surface area contributed by atoms with Crippen LogP contribution in [-0.4, -0.2) is 48.2 Å². The van der Waals surface area contributed by atoms with Crippen molar-refractivity contribution in [2.45, 2.75) is 4.90 Å². The van der Waals surface area contributed by atoms with Crippen molar-refractivity contribution in [1.82, 2.24) is 4.31 Å². The number of halogens is 1. The Hall–Kier alpha value is -3.12. The molecule has 9 nitrogen and oxygen atoms in total. The van der Waals surface area contributed by atoms with Crippen molar-refractivity contribution < 1.29 is 21.6 Å². The summed E-state index contributed by atoms with van der Waals surface area (Å²) in [7, 11) is -3.24. The van der Waals surface area contributed by atoms with Gasteiger partial charge in [0.05, 0.1) is 21.3 Å². The molecule has 0 aromatic heterocycles. The molecule has 0 bridgehead atoms. The lowest BCUT2D eigenvalue weighted by Crippen LogP contribution is -2.37. The maximum Gasteiger partial charge on any atom is 0.303 e. The monoisotopic (exact) mass is 522 g/mol. The Labute approximate surface area is 204 Å². The number of carbonyl (C=O) groups excluding carboxylic acids is 1. The minimum Gasteiger partial charge on any atom is -0.322 e. The molecule has 0 heterocycles. The van der Waals surface area contributed by atoms with Crippen molar-refractivity contribution in [3.63, 3.8) is 0 Å². The highest BCUT2D eigenvalue weighted by Gasteiger charge is 2.21. The van der Waals surface area contributed by atoms with Crippen LogP contribution >= 0.6 is 11.6 Å². The van der Waals surface area contributed by atoms with Gasteiger partial charge in [-0.2, -0.15) is 12.7 Å². The van der Waals surface area contributed by atoms with Gasteiger partial charge in [0.25, 0.3) is 15.9 Å². The maximum absolute atomic E-state index is 12.6. The number of nitrogens with one attached hydrogen (secondary N) is 2. The normalized spacial score (nSPS) is 11.8. The highest BCUT2D eigenvalue weighted by molar-refractivity contribution is 7.92. The number of sulfonamides is 1. The fourth-order valence-electron chi connectivity index (χ4n) is 2.87. The number of hydrogen-bond donors (Lipinski definition) is 2. The summed E-state index contributed by atoms with van der Waals surface area (Å²) in [5, 5.41) is 2.95. The average Bonchev–Trinajstić information content (AvgIpc) is 2.80. The van der Waals surface area contributed by atoms with Crippen LogP contribution < -0.4 is 14.3 Å². The quantitative estimate of drug-likeness (QED) is 0.468. The molecular weight excluding hydrogens is 500 g/mol. The molecule has 0 saturated heterocycles. The molecule has 0 saturated carbocycles. The number of rotatable bonds is 8. The van der Waals surface area contributed by atoms with Gasteiger partial charge in [-0.1, -0.05) is 23.7 Å². The van der Waals surface area contributed by atoms with Gasteiger partial charge in [-0.25, -0.2) is 8.42 Å². The summed E-state index contributed by atoms with van der Waals surface area (Å²) in [4.78, 5) is 12.6. The third-order valence-electron chi connectivity index (χ3n) is 4.84. The Kier molecular flexibility index (Phi) is 7.51. The Balaban J connectivity index is 1.69. The average molecular weight is 523 g/mol. The van der Waals surface area contributed by atoms with Crippen LogP contribution in [-0.2, 0) is 20.2 Å². The maximum atomic E-state index is 12.6. The zero-order chi connectivity index (χ0) is 25.1. The predicted molar refractivity (Wildman–Crippen MR) is 134 cm³/mol. The van der Waals surface area contributed by atoms with Crippen molar-refractivity contribution >= 4 is 54.8 Å². The van der Waals surface area contributed by atoms with Crippen molar-refractivity contribution in [2.24, 2.45) is 0 Å². The first-order chi connectivity index (χ1) is 15.9. The SMILES string of the molecule is CN(C)S(=O)(=O)N(C)c1ccc(C(=O)Nc2ccc(S(=O)(=O)Nc3ccccc3Cl)cc2)cc1. The molecule has 3 aromatic rings. The molecule has 0 aliphatic carbocycles. The van der Waals surface area contributed by atoms with Crippen molar-refractivity contribution in [1.29, 1.82) is 0 Å². The molecule has 0 fully saturated rings. The summed E-state index contributed by atoms with van der Waals surface area (Å²) in [6.45, 7) is 0. The van der Waals surface area contributed by atoms with Gasteiger partial charge in [-0.3, -0.25) is 13.8 Å². The highest BCUT2D eigenvalue weighted by Crippen LogP contribution is 2.25. The standard InChI is InChI=1S/C22H23ClN4O5S2/c1-26(2)34(31,32)27(3)18-12-8-16(9-13-18)22(28)24-17-10-14-19(15-11-17)33(29,30)25-21-7-5-4-6-20(21)23/h4-15,25H,1-3H3,(H,24,28). The van der Waals surface area contributed by atoms with E-state index in [9.17, 15) is 21.6 Å². The summed E-state index contributed by atoms with van der Waals surface area (Å²) in [6.07, 6.45) is 0. The van der Waals surface area contributed by atoms with Gasteiger partial charge in [0.2, 0.25) is 0 Å². The summed E-state index contributed by atoms with van der Waals surface area (Å²) < 4.78 is 54.3. The second kappa shape index (κ2) is 10.0. The van der Waals surface area contributed by atoms with E-state index in [1.807, 2.05) is 0 Å². The first-order valence-corrected chi connectivity index (χ1v) is 13.1. The topological polar surface area (TPSA) is 116 Å². The number of para-hydroxylation sites is 1. The molecule has 0 spiro atoms. The summed E-state index contributed by atoms with van der Waals surface area (Å²) in [5.41, 5.74) is 1.34. The van der Waals surface area contributed by atoms with E-state index in [0.717, 1.165) is 8.61 Å². The molecule has 1 amide bonds. The summed E-state index contributed by atoms with van der Waals surface area (Å²) in [6, 6.07) is 18.2. The predicted octanol–water partition coefficient (Wildman–Crippen LogP) is 3.64. The Bertz CT molecular complexity index is 1390. The third-order valence-corrected chi connectivity index (χ3v) is 8.38. The molecule has 0 aliphatic heterocycles. The minimum atomic E-state index is -3.87. The Morgan fingerprint density at radius 3 is 1.97 bits per heavy atom. The van der Waals surface area contributed by atoms with E-state index >= 15 is 0 Å². The van der Waals surface area contributed by atoms with E-state index in [1.165, 1.54) is 69.7 Å². The molecule has 3 aromatic carbocycles. The molecule has 0 unspecified atom stereocenters. The molecule has 12 heteroatoms. The van der Waals surface area contributed by atoms with Gasteiger partial charge in [0, 0.05) is 32.4 Å². The van der Waals surface area contributed by atoms with Crippen LogP contribution in [0.15, 0.2) is 77.7 Å². The van der Waals surface area contributed by atoms with Gasteiger partial charge in [0.15, 0.2) is 0 Å². The van der Waals surface area contributed by atoms with Crippen LogP contribution in [0, 0.1) is 0 Å². The largest absolute Gasteiger partial charge is 0.322 e. The van der Waals surface area contributed by atoms with E-state index in [0.29, 0.717) is 16.9 Å². The molecule has 0 aliphatic rings. The molecule has 180 valence electrons. The number of hydrogen-bond acceptors (Lipinski definition) is 5. The van der Waals surface area contributed by atoms with Crippen molar-refractivity contribution in [2.75, 3.05) is 35.5 Å². The second-order valence-electron chi connectivity index (χ2n) is 7.37. The molecule has 2 N–H and O–H groups in total. The second-order valence-corrected chi connectivity index (χ2v) is 11.6. The lowest BCUT2D eigenvalue weighted by molar-refractivity contribution is 0.102. The minimum absolute atomic E-state index is 0.0000831. The fraction of sp³-hybridized carbons (Fsp3) is 0.136. The first kappa shape index (κ1) is 25.5. The zero-order valence-corrected chi connectivity index (χ0v) is 20.9. The van der Waals surface area contributed by atoms with Gasteiger partial charge >= 0.3 is 10.2 Å².